The molecule has 5 heteroatoms. The van der Waals surface area contributed by atoms with E-state index in [2.05, 4.69) is 5.32 Å². The second-order valence-electron chi connectivity index (χ2n) is 4.59. The fourth-order valence-electron chi connectivity index (χ4n) is 1.64. The van der Waals surface area contributed by atoms with Crippen LogP contribution in [0, 0.1) is 0 Å². The van der Waals surface area contributed by atoms with Gasteiger partial charge in [-0.25, -0.2) is 0 Å². The molecule has 2 atom stereocenters. The minimum absolute atomic E-state index is 0.0143. The highest BCUT2D eigenvalue weighted by molar-refractivity contribution is 7.85. The van der Waals surface area contributed by atoms with Gasteiger partial charge >= 0.3 is 0 Å². The van der Waals surface area contributed by atoms with Crippen molar-refractivity contribution in [2.24, 2.45) is 0 Å². The van der Waals surface area contributed by atoms with E-state index in [0.717, 1.165) is 0 Å². The summed E-state index contributed by atoms with van der Waals surface area (Å²) in [6.07, 6.45) is 0. The summed E-state index contributed by atoms with van der Waals surface area (Å²) in [4.78, 5) is 0.673. The van der Waals surface area contributed by atoms with Gasteiger partial charge in [0.2, 0.25) is 0 Å². The summed E-state index contributed by atoms with van der Waals surface area (Å²) in [7, 11) is 2.35. The smallest absolute Gasteiger partial charge is 0.0784 e. The monoisotopic (exact) mass is 289 g/mol. The maximum absolute atomic E-state index is 12.3. The Kier molecular flexibility index (Phi) is 5.79. The Hall–Kier alpha value is -0.420. The average Bonchev–Trinajstić information content (AvgIpc) is 2.35. The normalized spacial score (nSPS) is 15.4. The fourth-order valence-corrected chi connectivity index (χ4v) is 3.60. The molecule has 0 aliphatic rings. The number of hydrogen-bond acceptors (Lipinski definition) is 3. The van der Waals surface area contributed by atoms with E-state index in [1.54, 1.807) is 19.2 Å². The molecule has 0 spiro atoms. The molecule has 0 aliphatic heterocycles. The zero-order chi connectivity index (χ0) is 13.8. The van der Waals surface area contributed by atoms with Crippen LogP contribution in [-0.2, 0) is 15.5 Å². The molecule has 1 aromatic carbocycles. The number of halogens is 1. The number of likely N-dealkylation sites (N-methyl/N-ethyl adjacent to an activating group) is 1. The molecule has 0 heterocycles. The van der Waals surface area contributed by atoms with Gasteiger partial charge in [-0.1, -0.05) is 23.7 Å². The molecule has 0 fully saturated rings. The zero-order valence-electron chi connectivity index (χ0n) is 11.2. The van der Waals surface area contributed by atoms with Crippen molar-refractivity contribution >= 4 is 22.4 Å². The molecule has 0 bridgehead atoms. The largest absolute Gasteiger partial charge is 0.377 e. The van der Waals surface area contributed by atoms with E-state index in [1.807, 2.05) is 33.0 Å². The van der Waals surface area contributed by atoms with Gasteiger partial charge in [0.1, 0.15) is 0 Å². The van der Waals surface area contributed by atoms with Crippen molar-refractivity contribution in [1.29, 1.82) is 0 Å². The predicted octanol–water partition coefficient (Wildman–Crippen LogP) is 2.46. The standard InChI is InChI=1S/C13H20ClNO2S/c1-13(2,17-4)12(15-3)9-18(16)11-8-6-5-7-10(11)14/h5-8,12,15H,9H2,1-4H3. The van der Waals surface area contributed by atoms with E-state index >= 15 is 0 Å². The summed E-state index contributed by atoms with van der Waals surface area (Å²) < 4.78 is 17.8. The Morgan fingerprint density at radius 1 is 1.44 bits per heavy atom. The molecule has 0 amide bonds. The van der Waals surface area contributed by atoms with Crippen molar-refractivity contribution in [2.75, 3.05) is 19.9 Å². The van der Waals surface area contributed by atoms with E-state index in [4.69, 9.17) is 16.3 Å². The van der Waals surface area contributed by atoms with Crippen LogP contribution in [0.1, 0.15) is 13.8 Å². The minimum Gasteiger partial charge on any atom is -0.377 e. The van der Waals surface area contributed by atoms with Gasteiger partial charge in [0.25, 0.3) is 0 Å². The molecule has 0 saturated heterocycles. The van der Waals surface area contributed by atoms with Gasteiger partial charge in [-0.05, 0) is 33.0 Å². The van der Waals surface area contributed by atoms with Gasteiger partial charge in [-0.3, -0.25) is 4.21 Å². The van der Waals surface area contributed by atoms with Crippen molar-refractivity contribution in [3.05, 3.63) is 29.3 Å². The SMILES string of the molecule is CNC(CS(=O)c1ccccc1Cl)C(C)(C)OC. The van der Waals surface area contributed by atoms with Crippen LogP contribution >= 0.6 is 11.6 Å². The molecule has 102 valence electrons. The number of benzene rings is 1. The summed E-state index contributed by atoms with van der Waals surface area (Å²) in [5, 5.41) is 3.69. The summed E-state index contributed by atoms with van der Waals surface area (Å²) in [6, 6.07) is 7.21. The van der Waals surface area contributed by atoms with Crippen molar-refractivity contribution < 1.29 is 8.95 Å². The van der Waals surface area contributed by atoms with Gasteiger partial charge in [0.15, 0.2) is 0 Å². The van der Waals surface area contributed by atoms with Gasteiger partial charge in [0.05, 0.1) is 26.3 Å². The molecule has 1 N–H and O–H groups in total. The lowest BCUT2D eigenvalue weighted by Gasteiger charge is -2.32. The molecule has 0 saturated carbocycles. The van der Waals surface area contributed by atoms with Crippen molar-refractivity contribution in [2.45, 2.75) is 30.4 Å². The zero-order valence-corrected chi connectivity index (χ0v) is 12.8. The van der Waals surface area contributed by atoms with E-state index in [0.29, 0.717) is 15.7 Å². The second kappa shape index (κ2) is 6.66. The molecule has 0 radical (unpaired) electrons. The Morgan fingerprint density at radius 2 is 2.06 bits per heavy atom. The average molecular weight is 290 g/mol. The van der Waals surface area contributed by atoms with Crippen molar-refractivity contribution in [3.8, 4) is 0 Å². The Bertz CT molecular complexity index is 423. The summed E-state index contributed by atoms with van der Waals surface area (Å²) in [5.41, 5.74) is -0.383. The molecule has 1 aromatic rings. The van der Waals surface area contributed by atoms with Crippen molar-refractivity contribution in [3.63, 3.8) is 0 Å². The summed E-state index contributed by atoms with van der Waals surface area (Å²) in [5.74, 6) is 0.459. The van der Waals surface area contributed by atoms with Crippen LogP contribution in [0.25, 0.3) is 0 Å². The third-order valence-corrected chi connectivity index (χ3v) is 5.04. The molecular weight excluding hydrogens is 270 g/mol. The number of rotatable bonds is 6. The fraction of sp³-hybridized carbons (Fsp3) is 0.538. The summed E-state index contributed by atoms with van der Waals surface area (Å²) in [6.45, 7) is 3.94. The second-order valence-corrected chi connectivity index (χ2v) is 6.46. The highest BCUT2D eigenvalue weighted by atomic mass is 35.5. The summed E-state index contributed by atoms with van der Waals surface area (Å²) >= 11 is 6.05. The topological polar surface area (TPSA) is 38.3 Å². The highest BCUT2D eigenvalue weighted by Crippen LogP contribution is 2.22. The molecule has 0 aliphatic carbocycles. The molecule has 0 aromatic heterocycles. The van der Waals surface area contributed by atoms with Gasteiger partial charge in [-0.15, -0.1) is 0 Å². The van der Waals surface area contributed by atoms with E-state index in [9.17, 15) is 4.21 Å². The number of nitrogens with one attached hydrogen (secondary N) is 1. The maximum Gasteiger partial charge on any atom is 0.0784 e. The lowest BCUT2D eigenvalue weighted by Crippen LogP contribution is -2.49. The lowest BCUT2D eigenvalue weighted by molar-refractivity contribution is -0.00179. The van der Waals surface area contributed by atoms with Gasteiger partial charge in [0, 0.05) is 18.9 Å². The first-order chi connectivity index (χ1) is 8.42. The Balaban J connectivity index is 2.84. The molecule has 3 nitrogen and oxygen atoms in total. The first-order valence-electron chi connectivity index (χ1n) is 5.77. The van der Waals surface area contributed by atoms with Crippen LogP contribution in [0.2, 0.25) is 5.02 Å². The number of ether oxygens (including phenoxy) is 1. The predicted molar refractivity (Wildman–Crippen MR) is 76.7 cm³/mol. The third kappa shape index (κ3) is 3.79. The van der Waals surface area contributed by atoms with Crippen LogP contribution < -0.4 is 5.32 Å². The van der Waals surface area contributed by atoms with Crippen LogP contribution in [0.15, 0.2) is 29.2 Å². The molecular formula is C13H20ClNO2S. The van der Waals surface area contributed by atoms with Gasteiger partial charge < -0.3 is 10.1 Å². The lowest BCUT2D eigenvalue weighted by atomic mass is 10.0. The first-order valence-corrected chi connectivity index (χ1v) is 7.47. The van der Waals surface area contributed by atoms with Crippen LogP contribution in [0.4, 0.5) is 0 Å². The third-order valence-electron chi connectivity index (χ3n) is 3.11. The van der Waals surface area contributed by atoms with E-state index < -0.39 is 10.8 Å². The Labute approximate surface area is 116 Å². The number of hydrogen-bond donors (Lipinski definition) is 1. The minimum atomic E-state index is -1.15. The van der Waals surface area contributed by atoms with Crippen LogP contribution in [0.5, 0.6) is 0 Å². The Morgan fingerprint density at radius 3 is 2.56 bits per heavy atom. The quantitative estimate of drug-likeness (QED) is 0.874. The van der Waals surface area contributed by atoms with Gasteiger partial charge in [-0.2, -0.15) is 0 Å². The molecule has 1 rings (SSSR count). The van der Waals surface area contributed by atoms with Crippen LogP contribution in [-0.4, -0.2) is 35.8 Å². The van der Waals surface area contributed by atoms with Crippen molar-refractivity contribution in [1.82, 2.24) is 5.32 Å². The van der Waals surface area contributed by atoms with E-state index in [1.165, 1.54) is 0 Å². The molecule has 18 heavy (non-hydrogen) atoms. The first kappa shape index (κ1) is 15.6. The molecule has 2 unspecified atom stereocenters. The maximum atomic E-state index is 12.3. The van der Waals surface area contributed by atoms with Crippen LogP contribution in [0.3, 0.4) is 0 Å². The van der Waals surface area contributed by atoms with E-state index in [-0.39, 0.29) is 11.6 Å². The number of methoxy groups -OCH3 is 1. The highest BCUT2D eigenvalue weighted by Gasteiger charge is 2.30.